The molecule has 0 saturated carbocycles. The molecular weight excluding hydrogens is 402 g/mol. The first-order chi connectivity index (χ1) is 15.4. The van der Waals surface area contributed by atoms with E-state index in [1.165, 1.54) is 11.1 Å². The molecule has 2 heterocycles. The number of hydrogen-bond donors (Lipinski definition) is 1. The van der Waals surface area contributed by atoms with Crippen LogP contribution in [0.1, 0.15) is 59.0 Å². The van der Waals surface area contributed by atoms with Crippen LogP contribution in [0.5, 0.6) is 0 Å². The molecule has 1 saturated heterocycles. The van der Waals surface area contributed by atoms with Crippen molar-refractivity contribution in [3.63, 3.8) is 0 Å². The van der Waals surface area contributed by atoms with Gasteiger partial charge in [-0.05, 0) is 79.1 Å². The van der Waals surface area contributed by atoms with Crippen molar-refractivity contribution in [2.45, 2.75) is 45.1 Å². The normalized spacial score (nSPS) is 24.8. The Balaban J connectivity index is 1.39. The van der Waals surface area contributed by atoms with Gasteiger partial charge in [0.15, 0.2) is 5.78 Å². The van der Waals surface area contributed by atoms with E-state index < -0.39 is 0 Å². The quantitative estimate of drug-likeness (QED) is 0.485. The molecule has 0 spiro atoms. The number of carbonyl (C=O) groups excluding carboxylic acids is 2. The van der Waals surface area contributed by atoms with Gasteiger partial charge in [-0.15, -0.1) is 0 Å². The van der Waals surface area contributed by atoms with Gasteiger partial charge in [0, 0.05) is 11.6 Å². The summed E-state index contributed by atoms with van der Waals surface area (Å²) in [6, 6.07) is 12.0. The minimum absolute atomic E-state index is 0.0187. The van der Waals surface area contributed by atoms with E-state index in [0.717, 1.165) is 36.0 Å². The molecule has 1 aromatic heterocycles. The van der Waals surface area contributed by atoms with E-state index in [0.29, 0.717) is 30.7 Å². The molecule has 3 aromatic rings. The minimum atomic E-state index is -0.258. The minimum Gasteiger partial charge on any atom is -0.462 e. The number of esters is 1. The van der Waals surface area contributed by atoms with Gasteiger partial charge in [-0.3, -0.25) is 9.69 Å². The maximum atomic E-state index is 13.1. The number of nitrogens with zero attached hydrogens (tertiary/aromatic N) is 2. The molecule has 1 aliphatic carbocycles. The first kappa shape index (κ1) is 20.9. The topological polar surface area (TPSA) is 75.3 Å². The molecule has 0 unspecified atom stereocenters. The van der Waals surface area contributed by atoms with Crippen LogP contribution >= 0.6 is 0 Å². The molecule has 1 N–H and O–H groups in total. The molecule has 6 heteroatoms. The molecule has 1 aliphatic heterocycles. The van der Waals surface area contributed by atoms with Crippen molar-refractivity contribution in [1.29, 1.82) is 0 Å². The number of aromatic amines is 1. The summed E-state index contributed by atoms with van der Waals surface area (Å²) >= 11 is 0. The lowest BCUT2D eigenvalue weighted by atomic mass is 9.59. The molecule has 6 nitrogen and oxygen atoms in total. The lowest BCUT2D eigenvalue weighted by Crippen LogP contribution is -2.58. The number of ketones is 1. The van der Waals surface area contributed by atoms with Gasteiger partial charge in [0.05, 0.1) is 36.1 Å². The van der Waals surface area contributed by atoms with Gasteiger partial charge >= 0.3 is 5.97 Å². The van der Waals surface area contributed by atoms with Gasteiger partial charge in [-0.25, -0.2) is 9.78 Å². The summed E-state index contributed by atoms with van der Waals surface area (Å²) in [5.74, 6) is 0.260. The Hall–Kier alpha value is -2.99. The van der Waals surface area contributed by atoms with Crippen molar-refractivity contribution >= 4 is 22.8 Å². The molecule has 32 heavy (non-hydrogen) atoms. The maximum Gasteiger partial charge on any atom is 0.338 e. The number of imidazole rings is 1. The Morgan fingerprint density at radius 1 is 1.22 bits per heavy atom. The van der Waals surface area contributed by atoms with E-state index in [-0.39, 0.29) is 17.2 Å². The largest absolute Gasteiger partial charge is 0.462 e. The third-order valence-corrected chi connectivity index (χ3v) is 7.72. The van der Waals surface area contributed by atoms with Crippen LogP contribution in [0.3, 0.4) is 0 Å². The number of aromatic nitrogens is 2. The molecular formula is C26H29N3O3. The number of rotatable bonds is 5. The van der Waals surface area contributed by atoms with Gasteiger partial charge in [-0.2, -0.15) is 0 Å². The van der Waals surface area contributed by atoms with Gasteiger partial charge < -0.3 is 9.72 Å². The second-order valence-electron chi connectivity index (χ2n) is 9.35. The predicted octanol–water partition coefficient (Wildman–Crippen LogP) is 4.15. The summed E-state index contributed by atoms with van der Waals surface area (Å²) in [6.07, 6.45) is 3.50. The van der Waals surface area contributed by atoms with Crippen LogP contribution in [0.2, 0.25) is 0 Å². The van der Waals surface area contributed by atoms with E-state index in [4.69, 9.17) is 4.74 Å². The van der Waals surface area contributed by atoms with E-state index in [9.17, 15) is 9.59 Å². The lowest BCUT2D eigenvalue weighted by Gasteiger charge is -2.54. The van der Waals surface area contributed by atoms with Crippen LogP contribution in [0.25, 0.3) is 11.0 Å². The highest BCUT2D eigenvalue weighted by molar-refractivity contribution is 6.00. The second kappa shape index (κ2) is 7.85. The van der Waals surface area contributed by atoms with Crippen LogP contribution in [-0.2, 0) is 16.6 Å². The number of Topliss-reactive ketones (excluding diaryl/α,β-unsaturated/α-hetero) is 1. The van der Waals surface area contributed by atoms with Crippen LogP contribution < -0.4 is 0 Å². The average molecular weight is 432 g/mol. The summed E-state index contributed by atoms with van der Waals surface area (Å²) in [5.41, 5.74) is 5.63. The standard InChI is InChI=1S/C26H29N3O3/c1-4-32-25(31)19-6-5-17-13-23-16(2)26(3,20(17)11-19)9-10-29(23)14-24(30)18-7-8-21-22(12-18)28-15-27-21/h5-8,11-12,15-16,23H,4,9-10,13-14H2,1-3H3,(H,27,28)/t16-,23-,26-/m1/s1. The fourth-order valence-electron chi connectivity index (χ4n) is 5.63. The SMILES string of the molecule is CCOC(=O)c1ccc2c(c1)[C@]1(C)CCN(CC(=O)c3ccc4nc[nH]c4c3)[C@H](C2)[C@H]1C. The van der Waals surface area contributed by atoms with Crippen molar-refractivity contribution in [2.75, 3.05) is 19.7 Å². The highest BCUT2D eigenvalue weighted by Gasteiger charge is 2.48. The first-order valence-corrected chi connectivity index (χ1v) is 11.4. The molecule has 2 aliphatic rings. The Kier molecular flexibility index (Phi) is 5.13. The zero-order valence-electron chi connectivity index (χ0n) is 18.9. The van der Waals surface area contributed by atoms with Crippen LogP contribution in [0.4, 0.5) is 0 Å². The number of benzene rings is 2. The molecule has 5 rings (SSSR count). The second-order valence-corrected chi connectivity index (χ2v) is 9.35. The number of hydrogen-bond acceptors (Lipinski definition) is 5. The van der Waals surface area contributed by atoms with Gasteiger partial charge in [0.25, 0.3) is 0 Å². The Morgan fingerprint density at radius 3 is 2.84 bits per heavy atom. The van der Waals surface area contributed by atoms with Gasteiger partial charge in [-0.1, -0.05) is 19.9 Å². The fraction of sp³-hybridized carbons (Fsp3) is 0.423. The number of H-pyrrole nitrogens is 1. The van der Waals surface area contributed by atoms with Crippen molar-refractivity contribution in [3.05, 3.63) is 65.0 Å². The average Bonchev–Trinajstić information content (AvgIpc) is 3.26. The Labute approximate surface area is 188 Å². The van der Waals surface area contributed by atoms with E-state index in [1.807, 2.05) is 37.3 Å². The van der Waals surface area contributed by atoms with E-state index in [2.05, 4.69) is 34.8 Å². The number of nitrogens with one attached hydrogen (secondary N) is 1. The van der Waals surface area contributed by atoms with Crippen LogP contribution in [-0.4, -0.2) is 52.4 Å². The summed E-state index contributed by atoms with van der Waals surface area (Å²) in [5, 5.41) is 0. The van der Waals surface area contributed by atoms with E-state index >= 15 is 0 Å². The molecule has 1 fully saturated rings. The maximum absolute atomic E-state index is 13.1. The lowest BCUT2D eigenvalue weighted by molar-refractivity contribution is 0.0308. The fourth-order valence-corrected chi connectivity index (χ4v) is 5.63. The highest BCUT2D eigenvalue weighted by atomic mass is 16.5. The predicted molar refractivity (Wildman–Crippen MR) is 123 cm³/mol. The summed E-state index contributed by atoms with van der Waals surface area (Å²) in [4.78, 5) is 35.1. The van der Waals surface area contributed by atoms with Gasteiger partial charge in [0.2, 0.25) is 0 Å². The molecule has 3 atom stereocenters. The molecule has 0 radical (unpaired) electrons. The smallest absolute Gasteiger partial charge is 0.338 e. The number of piperidine rings is 1. The van der Waals surface area contributed by atoms with Crippen molar-refractivity contribution in [3.8, 4) is 0 Å². The number of likely N-dealkylation sites (tertiary alicyclic amines) is 1. The number of carbonyl (C=O) groups is 2. The number of fused-ring (bicyclic) bond motifs is 5. The van der Waals surface area contributed by atoms with Gasteiger partial charge in [0.1, 0.15) is 0 Å². The zero-order chi connectivity index (χ0) is 22.5. The Morgan fingerprint density at radius 2 is 2.03 bits per heavy atom. The zero-order valence-corrected chi connectivity index (χ0v) is 18.9. The molecule has 0 amide bonds. The first-order valence-electron chi connectivity index (χ1n) is 11.4. The van der Waals surface area contributed by atoms with Crippen LogP contribution in [0.15, 0.2) is 42.7 Å². The van der Waals surface area contributed by atoms with E-state index in [1.54, 1.807) is 6.33 Å². The molecule has 166 valence electrons. The van der Waals surface area contributed by atoms with Crippen molar-refractivity contribution < 1.29 is 14.3 Å². The van der Waals surface area contributed by atoms with Crippen molar-refractivity contribution in [2.24, 2.45) is 5.92 Å². The van der Waals surface area contributed by atoms with Crippen LogP contribution in [0, 0.1) is 5.92 Å². The summed E-state index contributed by atoms with van der Waals surface area (Å²) < 4.78 is 5.22. The third-order valence-electron chi connectivity index (χ3n) is 7.72. The Bertz CT molecular complexity index is 1200. The number of ether oxygens (including phenoxy) is 1. The molecule has 2 aromatic carbocycles. The summed E-state index contributed by atoms with van der Waals surface area (Å²) in [7, 11) is 0. The third kappa shape index (κ3) is 3.34. The van der Waals surface area contributed by atoms with Crippen molar-refractivity contribution in [1.82, 2.24) is 14.9 Å². The molecule has 2 bridgehead atoms. The monoisotopic (exact) mass is 431 g/mol. The summed E-state index contributed by atoms with van der Waals surface area (Å²) in [6.45, 7) is 8.09. The highest BCUT2D eigenvalue weighted by Crippen LogP contribution is 2.48.